The first kappa shape index (κ1) is 15.6. The van der Waals surface area contributed by atoms with Crippen LogP contribution in [0.25, 0.3) is 0 Å². The van der Waals surface area contributed by atoms with Crippen LogP contribution in [0.2, 0.25) is 0 Å². The van der Waals surface area contributed by atoms with Crippen LogP contribution in [0.15, 0.2) is 17.2 Å². The van der Waals surface area contributed by atoms with E-state index in [9.17, 15) is 18.5 Å². The van der Waals surface area contributed by atoms with Crippen LogP contribution in [0.4, 0.5) is 11.5 Å². The minimum atomic E-state index is -4.02. The molecule has 1 saturated heterocycles. The highest BCUT2D eigenvalue weighted by atomic mass is 32.2. The van der Waals surface area contributed by atoms with Crippen molar-refractivity contribution in [2.45, 2.75) is 17.7 Å². The van der Waals surface area contributed by atoms with E-state index in [0.29, 0.717) is 25.7 Å². The van der Waals surface area contributed by atoms with Gasteiger partial charge in [-0.05, 0) is 18.8 Å². The largest absolute Gasteiger partial charge is 0.381 e. The first-order valence-electron chi connectivity index (χ1n) is 6.37. The number of anilines is 1. The molecule has 0 radical (unpaired) electrons. The lowest BCUT2D eigenvalue weighted by molar-refractivity contribution is -0.384. The van der Waals surface area contributed by atoms with E-state index in [2.05, 4.69) is 10.3 Å². The Morgan fingerprint density at radius 2 is 2.14 bits per heavy atom. The number of nitrogens with two attached hydrogens (primary N) is 1. The predicted octanol–water partition coefficient (Wildman–Crippen LogP) is 0.476. The minimum Gasteiger partial charge on any atom is -0.381 e. The highest BCUT2D eigenvalue weighted by Crippen LogP contribution is 2.25. The Hall–Kier alpha value is -1.78. The molecule has 1 aromatic rings. The number of rotatable bonds is 5. The molecule has 2 heterocycles. The van der Waals surface area contributed by atoms with Crippen molar-refractivity contribution in [3.63, 3.8) is 0 Å². The molecule has 0 unspecified atom stereocenters. The number of hydrogen-bond donors (Lipinski definition) is 2. The molecular formula is C11H16N4O5S. The molecule has 1 fully saturated rings. The third-order valence-corrected chi connectivity index (χ3v) is 4.15. The number of aromatic nitrogens is 1. The zero-order chi connectivity index (χ0) is 15.5. The molecule has 3 N–H and O–H groups in total. The fourth-order valence-corrected chi connectivity index (χ4v) is 2.53. The van der Waals surface area contributed by atoms with Crippen LogP contribution in [-0.4, -0.2) is 38.1 Å². The van der Waals surface area contributed by atoms with Crippen LogP contribution in [0.5, 0.6) is 0 Å². The Balaban J connectivity index is 2.16. The fourth-order valence-electron chi connectivity index (χ4n) is 2.06. The molecular weight excluding hydrogens is 300 g/mol. The molecule has 0 atom stereocenters. The van der Waals surface area contributed by atoms with Gasteiger partial charge in [0.25, 0.3) is 0 Å². The van der Waals surface area contributed by atoms with E-state index in [-0.39, 0.29) is 10.7 Å². The average molecular weight is 316 g/mol. The van der Waals surface area contributed by atoms with E-state index in [1.54, 1.807) is 0 Å². The van der Waals surface area contributed by atoms with Gasteiger partial charge in [0, 0.05) is 32.0 Å². The topological polar surface area (TPSA) is 137 Å². The van der Waals surface area contributed by atoms with Crippen molar-refractivity contribution in [1.29, 1.82) is 0 Å². The number of nitro groups is 1. The van der Waals surface area contributed by atoms with E-state index in [1.165, 1.54) is 0 Å². The van der Waals surface area contributed by atoms with Crippen molar-refractivity contribution >= 4 is 21.5 Å². The molecule has 0 aromatic carbocycles. The summed E-state index contributed by atoms with van der Waals surface area (Å²) in [6.45, 7) is 1.87. The van der Waals surface area contributed by atoms with Gasteiger partial charge in [0.2, 0.25) is 15.8 Å². The second-order valence-corrected chi connectivity index (χ2v) is 6.34. The monoisotopic (exact) mass is 316 g/mol. The van der Waals surface area contributed by atoms with Gasteiger partial charge in [-0.2, -0.15) is 0 Å². The zero-order valence-electron chi connectivity index (χ0n) is 11.2. The van der Waals surface area contributed by atoms with Gasteiger partial charge >= 0.3 is 5.69 Å². The summed E-state index contributed by atoms with van der Waals surface area (Å²) in [5, 5.41) is 18.9. The van der Waals surface area contributed by atoms with Crippen molar-refractivity contribution < 1.29 is 18.1 Å². The van der Waals surface area contributed by atoms with Crippen molar-refractivity contribution in [1.82, 2.24) is 4.98 Å². The Labute approximate surface area is 121 Å². The molecule has 1 aliphatic rings. The van der Waals surface area contributed by atoms with Gasteiger partial charge in [-0.1, -0.05) is 0 Å². The smallest absolute Gasteiger partial charge is 0.312 e. The summed E-state index contributed by atoms with van der Waals surface area (Å²) < 4.78 is 27.6. The number of pyridine rings is 1. The van der Waals surface area contributed by atoms with Gasteiger partial charge in [-0.15, -0.1) is 0 Å². The van der Waals surface area contributed by atoms with E-state index in [0.717, 1.165) is 25.1 Å². The highest BCUT2D eigenvalue weighted by Gasteiger charge is 2.21. The van der Waals surface area contributed by atoms with Crippen LogP contribution in [0, 0.1) is 16.0 Å². The molecule has 116 valence electrons. The standard InChI is InChI=1S/C11H16N4O5S/c12-21(18,19)9-5-10(15(16)17)11(14-7-9)13-6-8-1-3-20-4-2-8/h5,7-8H,1-4,6H2,(H,13,14)(H2,12,18,19). The first-order valence-corrected chi connectivity index (χ1v) is 7.91. The van der Waals surface area contributed by atoms with Crippen molar-refractivity contribution in [3.8, 4) is 0 Å². The number of hydrogen-bond acceptors (Lipinski definition) is 7. The SMILES string of the molecule is NS(=O)(=O)c1cnc(NCC2CCOCC2)c([N+](=O)[O-])c1. The average Bonchev–Trinajstić information content (AvgIpc) is 2.45. The summed E-state index contributed by atoms with van der Waals surface area (Å²) in [7, 11) is -4.02. The fraction of sp³-hybridized carbons (Fsp3) is 0.545. The number of nitrogens with zero attached hydrogens (tertiary/aromatic N) is 2. The summed E-state index contributed by atoms with van der Waals surface area (Å²) >= 11 is 0. The van der Waals surface area contributed by atoms with Crippen LogP contribution >= 0.6 is 0 Å². The molecule has 2 rings (SSSR count). The van der Waals surface area contributed by atoms with E-state index in [1.807, 2.05) is 0 Å². The molecule has 1 aliphatic heterocycles. The Morgan fingerprint density at radius 3 is 2.71 bits per heavy atom. The lowest BCUT2D eigenvalue weighted by atomic mass is 10.0. The maximum Gasteiger partial charge on any atom is 0.312 e. The van der Waals surface area contributed by atoms with Crippen molar-refractivity contribution in [2.24, 2.45) is 11.1 Å². The number of ether oxygens (including phenoxy) is 1. The van der Waals surface area contributed by atoms with Gasteiger partial charge in [-0.25, -0.2) is 18.5 Å². The molecule has 9 nitrogen and oxygen atoms in total. The lowest BCUT2D eigenvalue weighted by Gasteiger charge is -2.22. The maximum absolute atomic E-state index is 11.2. The molecule has 1 aromatic heterocycles. The maximum atomic E-state index is 11.2. The molecule has 0 spiro atoms. The Morgan fingerprint density at radius 1 is 1.48 bits per heavy atom. The van der Waals surface area contributed by atoms with Gasteiger partial charge in [0.15, 0.2) is 0 Å². The third kappa shape index (κ3) is 4.09. The van der Waals surface area contributed by atoms with Crippen LogP contribution in [0.1, 0.15) is 12.8 Å². The quantitative estimate of drug-likeness (QED) is 0.595. The molecule has 0 saturated carbocycles. The molecule has 0 bridgehead atoms. The minimum absolute atomic E-state index is 0.0406. The lowest BCUT2D eigenvalue weighted by Crippen LogP contribution is -2.23. The van der Waals surface area contributed by atoms with E-state index >= 15 is 0 Å². The van der Waals surface area contributed by atoms with E-state index in [4.69, 9.17) is 9.88 Å². The molecule has 0 amide bonds. The predicted molar refractivity (Wildman–Crippen MR) is 74.3 cm³/mol. The number of primary sulfonamides is 1. The van der Waals surface area contributed by atoms with Crippen LogP contribution < -0.4 is 10.5 Å². The normalized spacial score (nSPS) is 16.6. The third-order valence-electron chi connectivity index (χ3n) is 3.27. The molecule has 21 heavy (non-hydrogen) atoms. The summed E-state index contributed by atoms with van der Waals surface area (Å²) in [4.78, 5) is 13.8. The van der Waals surface area contributed by atoms with Gasteiger partial charge in [0.1, 0.15) is 4.90 Å². The first-order chi connectivity index (χ1) is 9.88. The second kappa shape index (κ2) is 6.33. The molecule has 0 aliphatic carbocycles. The summed E-state index contributed by atoms with van der Waals surface area (Å²) in [6.07, 6.45) is 2.75. The van der Waals surface area contributed by atoms with Gasteiger partial charge < -0.3 is 10.1 Å². The zero-order valence-corrected chi connectivity index (χ0v) is 12.0. The second-order valence-electron chi connectivity index (χ2n) is 4.78. The van der Waals surface area contributed by atoms with E-state index < -0.39 is 20.6 Å². The van der Waals surface area contributed by atoms with Gasteiger partial charge in [0.05, 0.1) is 4.92 Å². The summed E-state index contributed by atoms with van der Waals surface area (Å²) in [5.74, 6) is 0.386. The van der Waals surface area contributed by atoms with Crippen molar-refractivity contribution in [3.05, 3.63) is 22.4 Å². The summed E-state index contributed by atoms with van der Waals surface area (Å²) in [5.41, 5.74) is -0.409. The molecule has 10 heteroatoms. The van der Waals surface area contributed by atoms with Crippen LogP contribution in [0.3, 0.4) is 0 Å². The summed E-state index contributed by atoms with van der Waals surface area (Å²) in [6, 6.07) is 0.911. The number of nitrogens with one attached hydrogen (secondary N) is 1. The Kier molecular flexibility index (Phi) is 4.70. The van der Waals surface area contributed by atoms with Crippen LogP contribution in [-0.2, 0) is 14.8 Å². The Bertz CT molecular complexity index is 628. The highest BCUT2D eigenvalue weighted by molar-refractivity contribution is 7.89. The van der Waals surface area contributed by atoms with Gasteiger partial charge in [-0.3, -0.25) is 10.1 Å². The number of sulfonamides is 1. The van der Waals surface area contributed by atoms with Crippen molar-refractivity contribution in [2.75, 3.05) is 25.1 Å².